The van der Waals surface area contributed by atoms with Crippen molar-refractivity contribution in [1.29, 1.82) is 0 Å². The summed E-state index contributed by atoms with van der Waals surface area (Å²) in [7, 11) is 0. The van der Waals surface area contributed by atoms with Crippen LogP contribution in [0.2, 0.25) is 10.0 Å². The maximum absolute atomic E-state index is 14.2. The maximum atomic E-state index is 14.2. The van der Waals surface area contributed by atoms with Gasteiger partial charge in [0, 0.05) is 60.6 Å². The van der Waals surface area contributed by atoms with Gasteiger partial charge in [0.2, 0.25) is 0 Å². The fourth-order valence-electron chi connectivity index (χ4n) is 5.45. The number of piperidine rings is 1. The third-order valence-electron chi connectivity index (χ3n) is 7.36. The molecule has 0 amide bonds. The van der Waals surface area contributed by atoms with E-state index in [9.17, 15) is 4.39 Å². The summed E-state index contributed by atoms with van der Waals surface area (Å²) < 4.78 is 19.7. The molecular formula is C27H31Cl2FN4O. The summed E-state index contributed by atoms with van der Waals surface area (Å²) >= 11 is 12.6. The smallest absolute Gasteiger partial charge is 0.147 e. The highest BCUT2D eigenvalue weighted by Gasteiger charge is 2.34. The number of rotatable bonds is 6. The van der Waals surface area contributed by atoms with E-state index in [0.29, 0.717) is 28.7 Å². The number of nitrogens with zero attached hydrogens (tertiary/aromatic N) is 4. The molecular weight excluding hydrogens is 486 g/mol. The number of furan rings is 1. The van der Waals surface area contributed by atoms with Crippen LogP contribution in [-0.4, -0.2) is 59.6 Å². The van der Waals surface area contributed by atoms with Crippen LogP contribution in [0.1, 0.15) is 31.7 Å². The van der Waals surface area contributed by atoms with Crippen molar-refractivity contribution in [1.82, 2.24) is 14.8 Å². The minimum Gasteiger partial charge on any atom is -0.464 e. The third kappa shape index (κ3) is 5.51. The molecule has 35 heavy (non-hydrogen) atoms. The van der Waals surface area contributed by atoms with Gasteiger partial charge in [0.25, 0.3) is 0 Å². The molecule has 2 aliphatic rings. The Kier molecular flexibility index (Phi) is 7.63. The van der Waals surface area contributed by atoms with Crippen LogP contribution in [-0.2, 0) is 6.54 Å². The molecule has 1 aromatic carbocycles. The topological polar surface area (TPSA) is 35.8 Å². The van der Waals surface area contributed by atoms with Gasteiger partial charge in [-0.05, 0) is 62.7 Å². The van der Waals surface area contributed by atoms with Gasteiger partial charge in [0.15, 0.2) is 0 Å². The van der Waals surface area contributed by atoms with Gasteiger partial charge < -0.3 is 9.32 Å². The first-order valence-corrected chi connectivity index (χ1v) is 13.1. The highest BCUT2D eigenvalue weighted by Crippen LogP contribution is 2.32. The van der Waals surface area contributed by atoms with Crippen LogP contribution in [0, 0.1) is 5.82 Å². The highest BCUT2D eigenvalue weighted by molar-refractivity contribution is 6.33. The number of halogens is 3. The van der Waals surface area contributed by atoms with E-state index in [0.717, 1.165) is 74.7 Å². The molecule has 186 valence electrons. The van der Waals surface area contributed by atoms with Gasteiger partial charge in [-0.25, -0.2) is 9.37 Å². The highest BCUT2D eigenvalue weighted by atomic mass is 35.5. The lowest BCUT2D eigenvalue weighted by Crippen LogP contribution is -2.58. The fourth-order valence-corrected chi connectivity index (χ4v) is 5.89. The Balaban J connectivity index is 1.19. The van der Waals surface area contributed by atoms with Crippen molar-refractivity contribution in [3.05, 3.63) is 70.3 Å². The molecule has 3 aromatic rings. The monoisotopic (exact) mass is 516 g/mol. The summed E-state index contributed by atoms with van der Waals surface area (Å²) in [6.45, 7) is 7.66. The summed E-state index contributed by atoms with van der Waals surface area (Å²) in [4.78, 5) is 12.0. The van der Waals surface area contributed by atoms with E-state index in [1.165, 1.54) is 6.07 Å². The summed E-state index contributed by atoms with van der Waals surface area (Å²) in [5.41, 5.74) is 1.61. The van der Waals surface area contributed by atoms with Gasteiger partial charge in [0.1, 0.15) is 17.4 Å². The first kappa shape index (κ1) is 24.6. The van der Waals surface area contributed by atoms with Crippen molar-refractivity contribution in [3.8, 4) is 11.3 Å². The number of piperazine rings is 1. The molecule has 0 aliphatic carbocycles. The maximum Gasteiger partial charge on any atom is 0.147 e. The third-order valence-corrected chi connectivity index (χ3v) is 7.87. The van der Waals surface area contributed by atoms with E-state index in [1.54, 1.807) is 18.4 Å². The van der Waals surface area contributed by atoms with Crippen molar-refractivity contribution >= 4 is 29.0 Å². The van der Waals surface area contributed by atoms with Crippen molar-refractivity contribution in [2.75, 3.05) is 37.6 Å². The van der Waals surface area contributed by atoms with Gasteiger partial charge >= 0.3 is 0 Å². The number of likely N-dealkylation sites (tertiary alicyclic amines) is 1. The zero-order chi connectivity index (χ0) is 24.4. The lowest BCUT2D eigenvalue weighted by molar-refractivity contribution is 0.0607. The van der Waals surface area contributed by atoms with Crippen LogP contribution >= 0.6 is 23.2 Å². The Morgan fingerprint density at radius 3 is 2.60 bits per heavy atom. The second kappa shape index (κ2) is 10.9. The zero-order valence-electron chi connectivity index (χ0n) is 20.0. The van der Waals surface area contributed by atoms with E-state index in [-0.39, 0.29) is 5.82 Å². The van der Waals surface area contributed by atoms with Crippen molar-refractivity contribution in [3.63, 3.8) is 0 Å². The first-order valence-electron chi connectivity index (χ1n) is 12.4. The molecule has 5 nitrogen and oxygen atoms in total. The van der Waals surface area contributed by atoms with E-state index < -0.39 is 0 Å². The Hall–Kier alpha value is -2.12. The van der Waals surface area contributed by atoms with E-state index in [2.05, 4.69) is 21.6 Å². The first-order chi connectivity index (χ1) is 17.0. The Bertz CT molecular complexity index is 1130. The Morgan fingerprint density at radius 2 is 1.91 bits per heavy atom. The van der Waals surface area contributed by atoms with Gasteiger partial charge in [-0.15, -0.1) is 0 Å². The lowest BCUT2D eigenvalue weighted by Gasteiger charge is -2.47. The fraction of sp³-hybridized carbons (Fsp3) is 0.444. The van der Waals surface area contributed by atoms with Crippen LogP contribution in [0.25, 0.3) is 11.3 Å². The molecule has 5 rings (SSSR count). The predicted octanol–water partition coefficient (Wildman–Crippen LogP) is 6.35. The molecule has 0 saturated carbocycles. The number of aromatic nitrogens is 1. The molecule has 2 aromatic heterocycles. The molecule has 1 atom stereocenters. The minimum atomic E-state index is -0.216. The van der Waals surface area contributed by atoms with Gasteiger partial charge in [-0.1, -0.05) is 36.2 Å². The van der Waals surface area contributed by atoms with E-state index in [4.69, 9.17) is 32.6 Å². The average molecular weight is 517 g/mol. The van der Waals surface area contributed by atoms with Crippen LogP contribution in [0.15, 0.2) is 53.3 Å². The molecule has 2 saturated heterocycles. The second-order valence-corrected chi connectivity index (χ2v) is 10.3. The predicted molar refractivity (Wildman–Crippen MR) is 140 cm³/mol. The Morgan fingerprint density at radius 1 is 1.09 bits per heavy atom. The standard InChI is InChI=1S/C27H31Cl2FN4O/c1-2-22-18-33(27-24(29)14-20(16-31-27)26-4-3-13-35-26)11-12-34(22)23-7-9-32(10-8-23)17-19-5-6-21(28)15-25(19)30/h3-6,13-16,22-23H,2,7-12,17-18H2,1H3/t22-/m0/s1. The zero-order valence-corrected chi connectivity index (χ0v) is 21.5. The molecule has 0 N–H and O–H groups in total. The molecule has 8 heteroatoms. The molecule has 4 heterocycles. The molecule has 0 bridgehead atoms. The molecule has 0 radical (unpaired) electrons. The Labute approximate surface area is 216 Å². The summed E-state index contributed by atoms with van der Waals surface area (Å²) in [6, 6.07) is 11.7. The number of benzene rings is 1. The van der Waals surface area contributed by atoms with Gasteiger partial charge in [-0.3, -0.25) is 9.80 Å². The largest absolute Gasteiger partial charge is 0.464 e. The van der Waals surface area contributed by atoms with Crippen LogP contribution in [0.4, 0.5) is 10.2 Å². The molecule has 2 aliphatic heterocycles. The summed E-state index contributed by atoms with van der Waals surface area (Å²) in [6.07, 6.45) is 6.77. The van der Waals surface area contributed by atoms with Gasteiger partial charge in [-0.2, -0.15) is 0 Å². The van der Waals surface area contributed by atoms with Crippen molar-refractivity contribution in [2.45, 2.75) is 44.8 Å². The number of pyridine rings is 1. The quantitative estimate of drug-likeness (QED) is 0.381. The molecule has 0 spiro atoms. The summed E-state index contributed by atoms with van der Waals surface area (Å²) in [5, 5.41) is 1.10. The molecule has 0 unspecified atom stereocenters. The van der Waals surface area contributed by atoms with Crippen molar-refractivity contribution in [2.24, 2.45) is 0 Å². The van der Waals surface area contributed by atoms with Gasteiger partial charge in [0.05, 0.1) is 11.3 Å². The van der Waals surface area contributed by atoms with Crippen LogP contribution < -0.4 is 4.90 Å². The minimum absolute atomic E-state index is 0.216. The number of hydrogen-bond acceptors (Lipinski definition) is 5. The van der Waals surface area contributed by atoms with E-state index in [1.807, 2.05) is 24.4 Å². The van der Waals surface area contributed by atoms with Crippen molar-refractivity contribution < 1.29 is 8.81 Å². The molecule has 2 fully saturated rings. The SMILES string of the molecule is CC[C@H]1CN(c2ncc(-c3ccco3)cc2Cl)CCN1C1CCN(Cc2ccc(Cl)cc2F)CC1. The normalized spacial score (nSPS) is 20.5. The second-order valence-electron chi connectivity index (χ2n) is 9.50. The number of hydrogen-bond donors (Lipinski definition) is 0. The average Bonchev–Trinajstić information content (AvgIpc) is 3.41. The number of anilines is 1. The van der Waals surface area contributed by atoms with E-state index >= 15 is 0 Å². The van der Waals surface area contributed by atoms with Crippen LogP contribution in [0.5, 0.6) is 0 Å². The summed E-state index contributed by atoms with van der Waals surface area (Å²) in [5.74, 6) is 1.40. The van der Waals surface area contributed by atoms with Crippen LogP contribution in [0.3, 0.4) is 0 Å². The lowest BCUT2D eigenvalue weighted by atomic mass is 9.97.